The molecular formula is C27H31N5O8. The lowest BCUT2D eigenvalue weighted by Crippen LogP contribution is -2.57. The van der Waals surface area contributed by atoms with Crippen LogP contribution in [0.5, 0.6) is 5.75 Å². The molecule has 0 fully saturated rings. The third-order valence-corrected chi connectivity index (χ3v) is 6.21. The van der Waals surface area contributed by atoms with E-state index in [4.69, 9.17) is 10.8 Å². The number of aromatic hydroxyl groups is 1. The van der Waals surface area contributed by atoms with Crippen LogP contribution < -0.4 is 21.7 Å². The van der Waals surface area contributed by atoms with E-state index in [2.05, 4.69) is 20.9 Å². The highest BCUT2D eigenvalue weighted by Crippen LogP contribution is 2.19. The van der Waals surface area contributed by atoms with Gasteiger partial charge in [0.2, 0.25) is 17.7 Å². The zero-order valence-electron chi connectivity index (χ0n) is 21.4. The number of benzene rings is 2. The molecule has 3 atom stereocenters. The number of amides is 3. The number of phenolic OH excluding ortho intramolecular Hbond substituents is 1. The highest BCUT2D eigenvalue weighted by atomic mass is 16.4. The summed E-state index contributed by atoms with van der Waals surface area (Å²) in [6.45, 7) is -0.391. The van der Waals surface area contributed by atoms with Crippen LogP contribution >= 0.6 is 0 Å². The van der Waals surface area contributed by atoms with Crippen molar-refractivity contribution in [3.63, 3.8) is 0 Å². The van der Waals surface area contributed by atoms with Crippen molar-refractivity contribution in [2.45, 2.75) is 43.8 Å². The molecule has 2 aromatic carbocycles. The Labute approximate surface area is 228 Å². The van der Waals surface area contributed by atoms with Crippen molar-refractivity contribution < 1.29 is 39.3 Å². The summed E-state index contributed by atoms with van der Waals surface area (Å²) < 4.78 is 0. The Morgan fingerprint density at radius 2 is 1.48 bits per heavy atom. The second kappa shape index (κ2) is 13.8. The lowest BCUT2D eigenvalue weighted by molar-refractivity contribution is -0.143. The average Bonchev–Trinajstić information content (AvgIpc) is 3.33. The first-order valence-electron chi connectivity index (χ1n) is 12.4. The van der Waals surface area contributed by atoms with Crippen LogP contribution in [0.3, 0.4) is 0 Å². The fourth-order valence-electron chi connectivity index (χ4n) is 4.13. The van der Waals surface area contributed by atoms with Gasteiger partial charge in [0.25, 0.3) is 0 Å². The number of carboxylic acid groups (broad SMARTS) is 2. The molecule has 13 nitrogen and oxygen atoms in total. The number of para-hydroxylation sites is 1. The first kappa shape index (κ1) is 29.6. The van der Waals surface area contributed by atoms with Crippen LogP contribution in [0.4, 0.5) is 0 Å². The molecule has 3 unspecified atom stereocenters. The minimum atomic E-state index is -1.41. The molecule has 0 spiro atoms. The number of hydrogen-bond acceptors (Lipinski definition) is 7. The van der Waals surface area contributed by atoms with Crippen molar-refractivity contribution in [2.24, 2.45) is 5.73 Å². The predicted octanol–water partition coefficient (Wildman–Crippen LogP) is 0.0212. The van der Waals surface area contributed by atoms with E-state index < -0.39 is 60.8 Å². The molecule has 13 heteroatoms. The standard InChI is InChI=1S/C27H31N5O8/c28-13-23(34)30-21(12-16-14-29-19-4-2-1-3-18(16)19)26(38)31-20(9-10-24(35)36)25(37)32-22(27(39)40)11-15-5-7-17(33)8-6-15/h1-8,14,20-22,29,33H,9-13,28H2,(H,30,34)(H,31,38)(H,32,37)(H,35,36)(H,39,40). The molecule has 212 valence electrons. The Hall–Kier alpha value is -4.91. The molecule has 0 aliphatic carbocycles. The Kier molecular flexibility index (Phi) is 10.2. The van der Waals surface area contributed by atoms with Gasteiger partial charge in [-0.25, -0.2) is 4.79 Å². The second-order valence-corrected chi connectivity index (χ2v) is 9.15. The van der Waals surface area contributed by atoms with Crippen LogP contribution in [-0.4, -0.2) is 74.6 Å². The van der Waals surface area contributed by atoms with Gasteiger partial charge in [-0.3, -0.25) is 19.2 Å². The number of nitrogens with two attached hydrogens (primary N) is 1. The van der Waals surface area contributed by atoms with E-state index in [1.54, 1.807) is 6.20 Å². The smallest absolute Gasteiger partial charge is 0.326 e. The summed E-state index contributed by atoms with van der Waals surface area (Å²) in [7, 11) is 0. The van der Waals surface area contributed by atoms with Crippen LogP contribution in [0, 0.1) is 0 Å². The summed E-state index contributed by atoms with van der Waals surface area (Å²) in [5.74, 6) is -4.89. The quantitative estimate of drug-likeness (QED) is 0.134. The van der Waals surface area contributed by atoms with Crippen molar-refractivity contribution in [1.29, 1.82) is 0 Å². The SMILES string of the molecule is NCC(=O)NC(Cc1c[nH]c2ccccc12)C(=O)NC(CCC(=O)O)C(=O)NC(Cc1ccc(O)cc1)C(=O)O. The fraction of sp³-hybridized carbons (Fsp3) is 0.296. The van der Waals surface area contributed by atoms with Crippen molar-refractivity contribution in [2.75, 3.05) is 6.54 Å². The predicted molar refractivity (Wildman–Crippen MR) is 143 cm³/mol. The van der Waals surface area contributed by atoms with Gasteiger partial charge in [0.1, 0.15) is 23.9 Å². The van der Waals surface area contributed by atoms with Gasteiger partial charge in [-0.2, -0.15) is 0 Å². The van der Waals surface area contributed by atoms with Gasteiger partial charge < -0.3 is 42.0 Å². The zero-order valence-corrected chi connectivity index (χ0v) is 21.4. The van der Waals surface area contributed by atoms with Gasteiger partial charge in [-0.05, 0) is 35.7 Å². The van der Waals surface area contributed by atoms with E-state index in [9.17, 15) is 34.2 Å². The van der Waals surface area contributed by atoms with Gasteiger partial charge in [-0.15, -0.1) is 0 Å². The molecule has 3 aromatic rings. The maximum atomic E-state index is 13.3. The lowest BCUT2D eigenvalue weighted by Gasteiger charge is -2.24. The minimum Gasteiger partial charge on any atom is -0.508 e. The molecule has 0 aliphatic heterocycles. The molecule has 3 amide bonds. The molecule has 0 saturated heterocycles. The first-order chi connectivity index (χ1) is 19.1. The number of carbonyl (C=O) groups excluding carboxylic acids is 3. The number of phenols is 1. The maximum Gasteiger partial charge on any atom is 0.326 e. The van der Waals surface area contributed by atoms with Gasteiger partial charge in [0, 0.05) is 36.4 Å². The number of carbonyl (C=O) groups is 5. The van der Waals surface area contributed by atoms with E-state index in [1.165, 1.54) is 24.3 Å². The van der Waals surface area contributed by atoms with E-state index in [1.807, 2.05) is 24.3 Å². The molecule has 40 heavy (non-hydrogen) atoms. The Morgan fingerprint density at radius 3 is 2.12 bits per heavy atom. The second-order valence-electron chi connectivity index (χ2n) is 9.15. The fourth-order valence-corrected chi connectivity index (χ4v) is 4.13. The third-order valence-electron chi connectivity index (χ3n) is 6.21. The maximum absolute atomic E-state index is 13.3. The summed E-state index contributed by atoms with van der Waals surface area (Å²) in [4.78, 5) is 64.7. The number of H-pyrrole nitrogens is 1. The van der Waals surface area contributed by atoms with Gasteiger partial charge >= 0.3 is 11.9 Å². The highest BCUT2D eigenvalue weighted by molar-refractivity contribution is 5.94. The molecule has 3 rings (SSSR count). The van der Waals surface area contributed by atoms with Crippen LogP contribution in [-0.2, 0) is 36.8 Å². The molecule has 0 aliphatic rings. The molecule has 9 N–H and O–H groups in total. The highest BCUT2D eigenvalue weighted by Gasteiger charge is 2.30. The number of carboxylic acids is 2. The summed E-state index contributed by atoms with van der Waals surface area (Å²) in [5.41, 5.74) is 7.46. The summed E-state index contributed by atoms with van der Waals surface area (Å²) >= 11 is 0. The van der Waals surface area contributed by atoms with E-state index in [-0.39, 0.29) is 25.0 Å². The summed E-state index contributed by atoms with van der Waals surface area (Å²) in [5, 5.41) is 36.4. The van der Waals surface area contributed by atoms with Gasteiger partial charge in [-0.1, -0.05) is 30.3 Å². The molecular weight excluding hydrogens is 522 g/mol. The van der Waals surface area contributed by atoms with Gasteiger partial charge in [0.15, 0.2) is 0 Å². The minimum absolute atomic E-state index is 0.0139. The lowest BCUT2D eigenvalue weighted by atomic mass is 10.0. The first-order valence-corrected chi connectivity index (χ1v) is 12.4. The number of hydrogen-bond donors (Lipinski definition) is 8. The van der Waals surface area contributed by atoms with E-state index in [0.29, 0.717) is 11.1 Å². The van der Waals surface area contributed by atoms with Crippen LogP contribution in [0.1, 0.15) is 24.0 Å². The number of aromatic amines is 1. The largest absolute Gasteiger partial charge is 0.508 e. The zero-order chi connectivity index (χ0) is 29.2. The van der Waals surface area contributed by atoms with Crippen molar-refractivity contribution in [3.8, 4) is 5.75 Å². The normalized spacial score (nSPS) is 13.1. The average molecular weight is 554 g/mol. The molecule has 1 heterocycles. The van der Waals surface area contributed by atoms with E-state index in [0.717, 1.165) is 10.9 Å². The third kappa shape index (κ3) is 8.30. The van der Waals surface area contributed by atoms with Gasteiger partial charge in [0.05, 0.1) is 6.54 Å². The van der Waals surface area contributed by atoms with Crippen LogP contribution in [0.2, 0.25) is 0 Å². The number of aromatic nitrogens is 1. The Morgan fingerprint density at radius 1 is 0.825 bits per heavy atom. The topological polar surface area (TPSA) is 224 Å². The van der Waals surface area contributed by atoms with E-state index >= 15 is 0 Å². The molecule has 1 aromatic heterocycles. The van der Waals surface area contributed by atoms with Crippen LogP contribution in [0.25, 0.3) is 10.9 Å². The molecule has 0 radical (unpaired) electrons. The number of rotatable bonds is 14. The molecule has 0 saturated carbocycles. The number of fused-ring (bicyclic) bond motifs is 1. The molecule has 0 bridgehead atoms. The van der Waals surface area contributed by atoms with Crippen molar-refractivity contribution >= 4 is 40.6 Å². The van der Waals surface area contributed by atoms with Crippen molar-refractivity contribution in [1.82, 2.24) is 20.9 Å². The Balaban J connectivity index is 1.79. The monoisotopic (exact) mass is 553 g/mol. The number of nitrogens with one attached hydrogen (secondary N) is 4. The summed E-state index contributed by atoms with van der Waals surface area (Å²) in [6.07, 6.45) is 0.776. The summed E-state index contributed by atoms with van der Waals surface area (Å²) in [6, 6.07) is 9.09. The number of aliphatic carboxylic acids is 2. The van der Waals surface area contributed by atoms with Crippen molar-refractivity contribution in [3.05, 3.63) is 65.9 Å². The Bertz CT molecular complexity index is 1370. The van der Waals surface area contributed by atoms with Crippen LogP contribution in [0.15, 0.2) is 54.7 Å².